The molecule has 174 valence electrons. The van der Waals surface area contributed by atoms with E-state index in [2.05, 4.69) is 74.3 Å². The van der Waals surface area contributed by atoms with Gasteiger partial charge in [-0.3, -0.25) is 9.69 Å². The lowest BCUT2D eigenvalue weighted by Gasteiger charge is -2.23. The summed E-state index contributed by atoms with van der Waals surface area (Å²) in [6.07, 6.45) is 1.92. The predicted molar refractivity (Wildman–Crippen MR) is 133 cm³/mol. The SMILES string of the molecule is CCOc1cc2c(cc1OC)CC(CC)N(C)N=C2c1ccc(-c2c(C)nn(C)c2C)cc1. The second-order valence-corrected chi connectivity index (χ2v) is 8.63. The Bertz CT molecular complexity index is 1180. The van der Waals surface area contributed by atoms with Crippen molar-refractivity contribution in [1.29, 1.82) is 0 Å². The molecule has 0 saturated carbocycles. The van der Waals surface area contributed by atoms with Gasteiger partial charge in [0, 0.05) is 36.5 Å². The summed E-state index contributed by atoms with van der Waals surface area (Å²) in [7, 11) is 5.75. The largest absolute Gasteiger partial charge is 0.493 e. The molecule has 0 spiro atoms. The first-order chi connectivity index (χ1) is 15.9. The van der Waals surface area contributed by atoms with E-state index >= 15 is 0 Å². The monoisotopic (exact) mass is 446 g/mol. The second kappa shape index (κ2) is 9.30. The van der Waals surface area contributed by atoms with Gasteiger partial charge in [0.05, 0.1) is 31.2 Å². The molecule has 0 saturated heterocycles. The molecule has 33 heavy (non-hydrogen) atoms. The van der Waals surface area contributed by atoms with Crippen LogP contribution < -0.4 is 9.47 Å². The average Bonchev–Trinajstić information content (AvgIpc) is 2.98. The molecule has 0 radical (unpaired) electrons. The molecule has 1 aromatic heterocycles. The van der Waals surface area contributed by atoms with E-state index in [0.29, 0.717) is 12.6 Å². The molecule has 0 fully saturated rings. The number of fused-ring (bicyclic) bond motifs is 1. The van der Waals surface area contributed by atoms with Gasteiger partial charge in [-0.25, -0.2) is 0 Å². The number of methoxy groups -OCH3 is 1. The quantitative estimate of drug-likeness (QED) is 0.527. The van der Waals surface area contributed by atoms with Crippen LogP contribution in [0.2, 0.25) is 0 Å². The number of benzene rings is 2. The Morgan fingerprint density at radius 1 is 1.00 bits per heavy atom. The van der Waals surface area contributed by atoms with Gasteiger partial charge in [-0.05, 0) is 56.9 Å². The number of likely N-dealkylation sites (N-methyl/N-ethyl adjacent to an activating group) is 1. The van der Waals surface area contributed by atoms with Crippen LogP contribution in [0.1, 0.15) is 48.3 Å². The molecule has 0 amide bonds. The molecule has 6 heteroatoms. The highest BCUT2D eigenvalue weighted by Crippen LogP contribution is 2.35. The molecular weight excluding hydrogens is 412 g/mol. The van der Waals surface area contributed by atoms with Crippen LogP contribution in [0.25, 0.3) is 11.1 Å². The Kier molecular flexibility index (Phi) is 6.45. The van der Waals surface area contributed by atoms with Gasteiger partial charge in [-0.15, -0.1) is 0 Å². The summed E-state index contributed by atoms with van der Waals surface area (Å²) in [4.78, 5) is 0. The summed E-state index contributed by atoms with van der Waals surface area (Å²) in [5, 5.41) is 11.8. The molecule has 1 aliphatic rings. The van der Waals surface area contributed by atoms with Gasteiger partial charge >= 0.3 is 0 Å². The standard InChI is InChI=1S/C27H34N4O2/c1-8-22-14-21-15-24(32-7)25(33-9-2)16-23(21)27(29-31(22)6)20-12-10-19(11-13-20)26-17(3)28-30(5)18(26)4/h10-13,15-16,22H,8-9,14H2,1-7H3. The molecule has 0 bridgehead atoms. The number of hydrogen-bond acceptors (Lipinski definition) is 5. The first kappa shape index (κ1) is 22.9. The van der Waals surface area contributed by atoms with E-state index in [0.717, 1.165) is 52.6 Å². The van der Waals surface area contributed by atoms with Crippen LogP contribution in [0, 0.1) is 13.8 Å². The fourth-order valence-electron chi connectivity index (χ4n) is 4.71. The highest BCUT2D eigenvalue weighted by molar-refractivity contribution is 6.14. The molecule has 3 aromatic rings. The van der Waals surface area contributed by atoms with Crippen LogP contribution in [0.15, 0.2) is 41.5 Å². The topological polar surface area (TPSA) is 51.9 Å². The molecule has 6 nitrogen and oxygen atoms in total. The highest BCUT2D eigenvalue weighted by Gasteiger charge is 2.25. The fourth-order valence-corrected chi connectivity index (χ4v) is 4.71. The smallest absolute Gasteiger partial charge is 0.161 e. The second-order valence-electron chi connectivity index (χ2n) is 8.63. The molecule has 1 unspecified atom stereocenters. The Balaban J connectivity index is 1.83. The fraction of sp³-hybridized carbons (Fsp3) is 0.407. The van der Waals surface area contributed by atoms with Gasteiger partial charge in [0.15, 0.2) is 11.5 Å². The third kappa shape index (κ3) is 4.22. The number of hydrazone groups is 1. The molecule has 2 heterocycles. The molecule has 0 N–H and O–H groups in total. The van der Waals surface area contributed by atoms with E-state index in [9.17, 15) is 0 Å². The minimum absolute atomic E-state index is 0.323. The molecule has 1 aliphatic heterocycles. The maximum absolute atomic E-state index is 5.90. The maximum Gasteiger partial charge on any atom is 0.161 e. The van der Waals surface area contributed by atoms with Crippen molar-refractivity contribution in [2.45, 2.75) is 46.6 Å². The van der Waals surface area contributed by atoms with Crippen LogP contribution in [0.5, 0.6) is 11.5 Å². The molecule has 1 atom stereocenters. The number of rotatable bonds is 6. The summed E-state index contributed by atoms with van der Waals surface area (Å²) < 4.78 is 13.5. The summed E-state index contributed by atoms with van der Waals surface area (Å²) in [6.45, 7) is 8.95. The van der Waals surface area contributed by atoms with E-state index in [1.165, 1.54) is 16.7 Å². The zero-order valence-electron chi connectivity index (χ0n) is 20.8. The molecule has 0 aliphatic carbocycles. The number of ether oxygens (including phenoxy) is 2. The van der Waals surface area contributed by atoms with Crippen molar-refractivity contribution >= 4 is 5.71 Å². The summed E-state index contributed by atoms with van der Waals surface area (Å²) >= 11 is 0. The number of nitrogens with zero attached hydrogens (tertiary/aromatic N) is 4. The minimum Gasteiger partial charge on any atom is -0.493 e. The van der Waals surface area contributed by atoms with E-state index in [1.807, 2.05) is 18.7 Å². The molecule has 4 rings (SSSR count). The Morgan fingerprint density at radius 3 is 2.27 bits per heavy atom. The third-order valence-corrected chi connectivity index (χ3v) is 6.61. The summed E-state index contributed by atoms with van der Waals surface area (Å²) in [5.41, 5.74) is 8.93. The van der Waals surface area contributed by atoms with Crippen molar-refractivity contribution in [2.24, 2.45) is 12.1 Å². The molecular formula is C27H34N4O2. The number of hydrogen-bond donors (Lipinski definition) is 0. The molecule has 2 aromatic carbocycles. The van der Waals surface area contributed by atoms with E-state index in [-0.39, 0.29) is 0 Å². The number of aryl methyl sites for hydroxylation is 2. The van der Waals surface area contributed by atoms with Crippen molar-refractivity contribution in [3.05, 3.63) is 64.5 Å². The van der Waals surface area contributed by atoms with Crippen LogP contribution in [-0.4, -0.2) is 47.3 Å². The first-order valence-electron chi connectivity index (χ1n) is 11.6. The van der Waals surface area contributed by atoms with Crippen LogP contribution >= 0.6 is 0 Å². The minimum atomic E-state index is 0.323. The Morgan fingerprint density at radius 2 is 1.70 bits per heavy atom. The van der Waals surface area contributed by atoms with Crippen molar-refractivity contribution in [1.82, 2.24) is 14.8 Å². The Hall–Kier alpha value is -3.28. The Labute approximate surface area is 196 Å². The first-order valence-corrected chi connectivity index (χ1v) is 11.6. The van der Waals surface area contributed by atoms with Gasteiger partial charge in [-0.1, -0.05) is 31.2 Å². The lowest BCUT2D eigenvalue weighted by Crippen LogP contribution is -2.27. The van der Waals surface area contributed by atoms with Crippen LogP contribution in [0.3, 0.4) is 0 Å². The van der Waals surface area contributed by atoms with Gasteiger partial charge in [0.1, 0.15) is 0 Å². The van der Waals surface area contributed by atoms with E-state index < -0.39 is 0 Å². The van der Waals surface area contributed by atoms with Gasteiger partial charge in [-0.2, -0.15) is 10.2 Å². The van der Waals surface area contributed by atoms with Crippen LogP contribution in [-0.2, 0) is 13.5 Å². The zero-order valence-corrected chi connectivity index (χ0v) is 20.8. The van der Waals surface area contributed by atoms with E-state index in [1.54, 1.807) is 7.11 Å². The zero-order chi connectivity index (χ0) is 23.7. The van der Waals surface area contributed by atoms with Gasteiger partial charge in [0.25, 0.3) is 0 Å². The number of aromatic nitrogens is 2. The van der Waals surface area contributed by atoms with Gasteiger partial charge < -0.3 is 9.47 Å². The van der Waals surface area contributed by atoms with Crippen molar-refractivity contribution in [2.75, 3.05) is 20.8 Å². The van der Waals surface area contributed by atoms with E-state index in [4.69, 9.17) is 14.6 Å². The van der Waals surface area contributed by atoms with Gasteiger partial charge in [0.2, 0.25) is 0 Å². The average molecular weight is 447 g/mol. The summed E-state index contributed by atoms with van der Waals surface area (Å²) in [5.74, 6) is 1.52. The summed E-state index contributed by atoms with van der Waals surface area (Å²) in [6, 6.07) is 13.2. The van der Waals surface area contributed by atoms with Crippen molar-refractivity contribution < 1.29 is 9.47 Å². The normalized spacial score (nSPS) is 15.7. The lowest BCUT2D eigenvalue weighted by atomic mass is 9.92. The van der Waals surface area contributed by atoms with Crippen LogP contribution in [0.4, 0.5) is 0 Å². The van der Waals surface area contributed by atoms with Crippen molar-refractivity contribution in [3.8, 4) is 22.6 Å². The maximum atomic E-state index is 5.90. The third-order valence-electron chi connectivity index (χ3n) is 6.61. The highest BCUT2D eigenvalue weighted by atomic mass is 16.5. The predicted octanol–water partition coefficient (Wildman–Crippen LogP) is 5.13. The van der Waals surface area contributed by atoms with Crippen molar-refractivity contribution in [3.63, 3.8) is 0 Å². The lowest BCUT2D eigenvalue weighted by molar-refractivity contribution is 0.248.